The summed E-state index contributed by atoms with van der Waals surface area (Å²) in [5, 5.41) is 3.27. The number of sulfonamides is 1. The van der Waals surface area contributed by atoms with Gasteiger partial charge in [0.1, 0.15) is 5.75 Å². The summed E-state index contributed by atoms with van der Waals surface area (Å²) in [6.45, 7) is 3.66. The largest absolute Gasteiger partial charge is 0.481 e. The molecule has 0 spiro atoms. The molecule has 1 atom stereocenters. The van der Waals surface area contributed by atoms with Crippen LogP contribution in [0.1, 0.15) is 18.9 Å². The fourth-order valence-corrected chi connectivity index (χ4v) is 4.17. The van der Waals surface area contributed by atoms with Gasteiger partial charge < -0.3 is 10.1 Å². The van der Waals surface area contributed by atoms with Crippen LogP contribution in [-0.2, 0) is 14.8 Å². The fraction of sp³-hybridized carbons (Fsp3) is 0.174. The molecule has 0 heterocycles. The molecule has 2 N–H and O–H groups in total. The molecule has 6 nitrogen and oxygen atoms in total. The minimum absolute atomic E-state index is 0.0935. The summed E-state index contributed by atoms with van der Waals surface area (Å²) >= 11 is 5.96. The fourth-order valence-electron chi connectivity index (χ4n) is 2.86. The molecule has 3 aromatic carbocycles. The van der Waals surface area contributed by atoms with Crippen LogP contribution in [0.3, 0.4) is 0 Å². The second kappa shape index (κ2) is 9.85. The lowest BCUT2D eigenvalue weighted by atomic mass is 10.2. The van der Waals surface area contributed by atoms with Crippen molar-refractivity contribution in [3.63, 3.8) is 0 Å². The lowest BCUT2D eigenvalue weighted by Gasteiger charge is -2.17. The maximum absolute atomic E-state index is 12.6. The smallest absolute Gasteiger partial charge is 0.265 e. The van der Waals surface area contributed by atoms with Gasteiger partial charge >= 0.3 is 0 Å². The number of aryl methyl sites for hydroxylation is 1. The first-order valence-electron chi connectivity index (χ1n) is 9.70. The van der Waals surface area contributed by atoms with E-state index in [1.807, 2.05) is 26.0 Å². The van der Waals surface area contributed by atoms with Crippen LogP contribution in [0.4, 0.5) is 11.4 Å². The topological polar surface area (TPSA) is 84.5 Å². The van der Waals surface area contributed by atoms with Crippen molar-refractivity contribution in [3.8, 4) is 5.75 Å². The maximum atomic E-state index is 12.6. The van der Waals surface area contributed by atoms with E-state index in [1.54, 1.807) is 36.4 Å². The zero-order chi connectivity index (χ0) is 22.4. The van der Waals surface area contributed by atoms with Crippen LogP contribution in [-0.4, -0.2) is 20.4 Å². The van der Waals surface area contributed by atoms with Crippen LogP contribution in [0.2, 0.25) is 5.02 Å². The molecule has 3 aromatic rings. The summed E-state index contributed by atoms with van der Waals surface area (Å²) in [6, 6.07) is 19.9. The number of hydrogen-bond acceptors (Lipinski definition) is 4. The predicted octanol–water partition coefficient (Wildman–Crippen LogP) is 5.25. The van der Waals surface area contributed by atoms with Gasteiger partial charge in [0.25, 0.3) is 15.9 Å². The van der Waals surface area contributed by atoms with Crippen LogP contribution in [0.15, 0.2) is 77.7 Å². The molecule has 0 bridgehead atoms. The molecule has 0 aliphatic heterocycles. The van der Waals surface area contributed by atoms with Gasteiger partial charge in [0, 0.05) is 10.7 Å². The Balaban J connectivity index is 1.67. The van der Waals surface area contributed by atoms with E-state index in [1.165, 1.54) is 24.3 Å². The molecule has 31 heavy (non-hydrogen) atoms. The predicted molar refractivity (Wildman–Crippen MR) is 123 cm³/mol. The number of amides is 1. The van der Waals surface area contributed by atoms with Crippen molar-refractivity contribution >= 4 is 38.9 Å². The Morgan fingerprint density at radius 1 is 1.03 bits per heavy atom. The Bertz CT molecular complexity index is 1160. The molecule has 3 rings (SSSR count). The first-order chi connectivity index (χ1) is 14.8. The van der Waals surface area contributed by atoms with Gasteiger partial charge in [-0.25, -0.2) is 8.42 Å². The second-order valence-corrected chi connectivity index (χ2v) is 9.03. The second-order valence-electron chi connectivity index (χ2n) is 6.91. The van der Waals surface area contributed by atoms with Gasteiger partial charge in [-0.05, 0) is 67.4 Å². The number of carbonyl (C=O) groups excluding carboxylic acids is 1. The van der Waals surface area contributed by atoms with Crippen molar-refractivity contribution in [2.24, 2.45) is 0 Å². The summed E-state index contributed by atoms with van der Waals surface area (Å²) < 4.78 is 33.6. The molecule has 0 unspecified atom stereocenters. The average molecular weight is 459 g/mol. The standard InChI is InChI=1S/C23H23ClN2O4S/c1-3-22(30-19-9-6-8-17(24)15-19)23(27)25-18-11-13-20(14-12-18)31(28,29)26-21-10-5-4-7-16(21)2/h4-15,22,26H,3H2,1-2H3,(H,25,27)/t22-/m1/s1. The Morgan fingerprint density at radius 3 is 2.39 bits per heavy atom. The molecule has 0 aromatic heterocycles. The summed E-state index contributed by atoms with van der Waals surface area (Å²) in [6.07, 6.45) is -0.268. The maximum Gasteiger partial charge on any atom is 0.265 e. The molecule has 0 aliphatic carbocycles. The number of ether oxygens (including phenoxy) is 1. The normalized spacial score (nSPS) is 12.1. The van der Waals surface area contributed by atoms with Crippen molar-refractivity contribution in [3.05, 3.63) is 83.4 Å². The molecule has 162 valence electrons. The van der Waals surface area contributed by atoms with Crippen LogP contribution < -0.4 is 14.8 Å². The Kier molecular flexibility index (Phi) is 7.20. The molecular formula is C23H23ClN2O4S. The summed E-state index contributed by atoms with van der Waals surface area (Å²) in [5.41, 5.74) is 1.80. The molecule has 0 aliphatic rings. The summed E-state index contributed by atoms with van der Waals surface area (Å²) in [5.74, 6) is 0.161. The third-order valence-corrected chi connectivity index (χ3v) is 6.18. The Morgan fingerprint density at radius 2 is 1.74 bits per heavy atom. The van der Waals surface area contributed by atoms with E-state index in [0.717, 1.165) is 5.56 Å². The van der Waals surface area contributed by atoms with E-state index in [2.05, 4.69) is 10.0 Å². The highest BCUT2D eigenvalue weighted by molar-refractivity contribution is 7.92. The van der Waals surface area contributed by atoms with Gasteiger partial charge in [0.15, 0.2) is 6.10 Å². The van der Waals surface area contributed by atoms with Gasteiger partial charge in [-0.3, -0.25) is 9.52 Å². The van der Waals surface area contributed by atoms with Crippen LogP contribution >= 0.6 is 11.6 Å². The van der Waals surface area contributed by atoms with Gasteiger partial charge in [0.2, 0.25) is 0 Å². The van der Waals surface area contributed by atoms with Crippen LogP contribution in [0.25, 0.3) is 0 Å². The van der Waals surface area contributed by atoms with Crippen molar-refractivity contribution in [1.82, 2.24) is 0 Å². The molecular weight excluding hydrogens is 436 g/mol. The zero-order valence-electron chi connectivity index (χ0n) is 17.1. The number of benzene rings is 3. The third kappa shape index (κ3) is 5.99. The van der Waals surface area contributed by atoms with E-state index in [4.69, 9.17) is 16.3 Å². The highest BCUT2D eigenvalue weighted by Gasteiger charge is 2.20. The number of rotatable bonds is 8. The average Bonchev–Trinajstić information content (AvgIpc) is 2.74. The van der Waals surface area contributed by atoms with Gasteiger partial charge in [0.05, 0.1) is 10.6 Å². The van der Waals surface area contributed by atoms with E-state index < -0.39 is 16.1 Å². The lowest BCUT2D eigenvalue weighted by molar-refractivity contribution is -0.122. The van der Waals surface area contributed by atoms with Gasteiger partial charge in [-0.2, -0.15) is 0 Å². The molecule has 0 saturated carbocycles. The highest BCUT2D eigenvalue weighted by atomic mass is 35.5. The first kappa shape index (κ1) is 22.7. The minimum Gasteiger partial charge on any atom is -0.481 e. The quantitative estimate of drug-likeness (QED) is 0.483. The third-order valence-electron chi connectivity index (χ3n) is 4.56. The van der Waals surface area contributed by atoms with Crippen LogP contribution in [0, 0.1) is 6.92 Å². The number of para-hydroxylation sites is 1. The SMILES string of the molecule is CC[C@@H](Oc1cccc(Cl)c1)C(=O)Nc1ccc(S(=O)(=O)Nc2ccccc2C)cc1. The van der Waals surface area contributed by atoms with E-state index in [9.17, 15) is 13.2 Å². The van der Waals surface area contributed by atoms with Crippen molar-refractivity contribution < 1.29 is 17.9 Å². The van der Waals surface area contributed by atoms with Crippen molar-refractivity contribution in [1.29, 1.82) is 0 Å². The van der Waals surface area contributed by atoms with Crippen LogP contribution in [0.5, 0.6) is 5.75 Å². The number of anilines is 2. The molecule has 8 heteroatoms. The van der Waals surface area contributed by atoms with E-state index >= 15 is 0 Å². The lowest BCUT2D eigenvalue weighted by Crippen LogP contribution is -2.32. The highest BCUT2D eigenvalue weighted by Crippen LogP contribution is 2.22. The minimum atomic E-state index is -3.75. The first-order valence-corrected chi connectivity index (χ1v) is 11.6. The summed E-state index contributed by atoms with van der Waals surface area (Å²) in [7, 11) is -3.75. The van der Waals surface area contributed by atoms with E-state index in [0.29, 0.717) is 28.6 Å². The summed E-state index contributed by atoms with van der Waals surface area (Å²) in [4.78, 5) is 12.7. The molecule has 0 saturated heterocycles. The number of hydrogen-bond donors (Lipinski definition) is 2. The molecule has 0 fully saturated rings. The number of carbonyl (C=O) groups is 1. The molecule has 0 radical (unpaired) electrons. The van der Waals surface area contributed by atoms with E-state index in [-0.39, 0.29) is 10.8 Å². The monoisotopic (exact) mass is 458 g/mol. The van der Waals surface area contributed by atoms with Gasteiger partial charge in [-0.1, -0.05) is 42.8 Å². The van der Waals surface area contributed by atoms with Gasteiger partial charge in [-0.15, -0.1) is 0 Å². The number of halogens is 1. The Hall–Kier alpha value is -3.03. The van der Waals surface area contributed by atoms with Crippen molar-refractivity contribution in [2.75, 3.05) is 10.0 Å². The molecule has 1 amide bonds. The zero-order valence-corrected chi connectivity index (χ0v) is 18.7. The van der Waals surface area contributed by atoms with Crippen molar-refractivity contribution in [2.45, 2.75) is 31.3 Å². The number of nitrogens with one attached hydrogen (secondary N) is 2. The Labute approximate surface area is 187 Å².